The average molecular weight is 365 g/mol. The fourth-order valence-electron chi connectivity index (χ4n) is 3.17. The summed E-state index contributed by atoms with van der Waals surface area (Å²) in [6, 6.07) is 4.03. The summed E-state index contributed by atoms with van der Waals surface area (Å²) < 4.78 is 1.77. The third-order valence-electron chi connectivity index (χ3n) is 4.46. The molecule has 0 aliphatic carbocycles. The summed E-state index contributed by atoms with van der Waals surface area (Å²) in [6.07, 6.45) is 8.31. The molecule has 0 aromatic carbocycles. The summed E-state index contributed by atoms with van der Waals surface area (Å²) >= 11 is 0. The molecule has 0 bridgehead atoms. The predicted octanol–water partition coefficient (Wildman–Crippen LogP) is 1.79. The fraction of sp³-hybridized carbons (Fsp3) is 0.389. The monoisotopic (exact) mass is 365 g/mol. The topological polar surface area (TPSA) is 96.7 Å². The van der Waals surface area contributed by atoms with Gasteiger partial charge >= 0.3 is 0 Å². The van der Waals surface area contributed by atoms with Gasteiger partial charge in [0.2, 0.25) is 11.9 Å². The first-order valence-corrected chi connectivity index (χ1v) is 9.11. The van der Waals surface area contributed by atoms with Gasteiger partial charge in [-0.1, -0.05) is 0 Å². The Morgan fingerprint density at radius 3 is 2.89 bits per heavy atom. The Balaban J connectivity index is 1.43. The van der Waals surface area contributed by atoms with Crippen molar-refractivity contribution in [1.82, 2.24) is 29.7 Å². The van der Waals surface area contributed by atoms with Crippen LogP contribution in [0.2, 0.25) is 0 Å². The Morgan fingerprint density at radius 1 is 1.19 bits per heavy atom. The van der Waals surface area contributed by atoms with E-state index in [9.17, 15) is 0 Å². The molecule has 9 heteroatoms. The first-order chi connectivity index (χ1) is 13.2. The zero-order chi connectivity index (χ0) is 18.6. The molecular formula is C18H23N9. The Kier molecular flexibility index (Phi) is 4.82. The molecule has 0 saturated carbocycles. The van der Waals surface area contributed by atoms with Gasteiger partial charge in [-0.15, -0.1) is 0 Å². The van der Waals surface area contributed by atoms with Crippen molar-refractivity contribution in [2.75, 3.05) is 35.2 Å². The van der Waals surface area contributed by atoms with Crippen LogP contribution in [0.1, 0.15) is 13.3 Å². The van der Waals surface area contributed by atoms with E-state index in [-0.39, 0.29) is 6.04 Å². The number of rotatable bonds is 6. The van der Waals surface area contributed by atoms with Crippen LogP contribution in [0.15, 0.2) is 36.9 Å². The molecule has 2 N–H and O–H groups in total. The van der Waals surface area contributed by atoms with Crippen LogP contribution in [0, 0.1) is 0 Å². The highest BCUT2D eigenvalue weighted by molar-refractivity contribution is 5.58. The lowest BCUT2D eigenvalue weighted by Crippen LogP contribution is -2.28. The molecule has 1 aliphatic heterocycles. The molecule has 9 nitrogen and oxygen atoms in total. The van der Waals surface area contributed by atoms with Gasteiger partial charge in [-0.05, 0) is 25.5 Å². The van der Waals surface area contributed by atoms with Crippen LogP contribution in [-0.4, -0.2) is 55.4 Å². The minimum atomic E-state index is 0.257. The molecule has 1 aliphatic rings. The van der Waals surface area contributed by atoms with E-state index in [0.717, 1.165) is 49.1 Å². The summed E-state index contributed by atoms with van der Waals surface area (Å²) in [7, 11) is 1.90. The van der Waals surface area contributed by atoms with Gasteiger partial charge in [-0.25, -0.2) is 15.0 Å². The maximum Gasteiger partial charge on any atom is 0.225 e. The number of hydrogen-bond acceptors (Lipinski definition) is 8. The van der Waals surface area contributed by atoms with E-state index in [2.05, 4.69) is 35.6 Å². The molecule has 4 rings (SSSR count). The maximum absolute atomic E-state index is 4.71. The van der Waals surface area contributed by atoms with E-state index in [4.69, 9.17) is 4.98 Å². The molecule has 1 unspecified atom stereocenters. The van der Waals surface area contributed by atoms with E-state index in [1.54, 1.807) is 17.1 Å². The van der Waals surface area contributed by atoms with Crippen molar-refractivity contribution in [3.8, 4) is 11.3 Å². The van der Waals surface area contributed by atoms with E-state index in [1.165, 1.54) is 0 Å². The lowest BCUT2D eigenvalue weighted by molar-refractivity contribution is 0.768. The molecule has 1 saturated heterocycles. The summed E-state index contributed by atoms with van der Waals surface area (Å²) in [5.41, 5.74) is 1.87. The Labute approximate surface area is 157 Å². The third-order valence-corrected chi connectivity index (χ3v) is 4.46. The van der Waals surface area contributed by atoms with E-state index in [0.29, 0.717) is 5.95 Å². The van der Waals surface area contributed by atoms with E-state index in [1.807, 2.05) is 38.5 Å². The zero-order valence-electron chi connectivity index (χ0n) is 15.5. The number of hydrogen-bond donors (Lipinski definition) is 2. The van der Waals surface area contributed by atoms with Crippen LogP contribution in [0.4, 0.5) is 17.7 Å². The Hall–Kier alpha value is -3.23. The van der Waals surface area contributed by atoms with Gasteiger partial charge in [0.05, 0.1) is 11.9 Å². The number of nitrogens with zero attached hydrogens (tertiary/aromatic N) is 7. The van der Waals surface area contributed by atoms with Gasteiger partial charge in [-0.3, -0.25) is 4.68 Å². The standard InChI is InChI=1S/C18H23N9/c1-3-19-16-5-8-20-17(25-16)23-14-6-9-27(12-14)18-21-7-4-15(24-18)13-10-22-26(2)11-13/h4-5,7-8,10-11,14H,3,6,9,12H2,1-2H3,(H2,19,20,23,25). The smallest absolute Gasteiger partial charge is 0.225 e. The number of nitrogens with one attached hydrogen (secondary N) is 2. The van der Waals surface area contributed by atoms with Crippen molar-refractivity contribution < 1.29 is 0 Å². The summed E-state index contributed by atoms with van der Waals surface area (Å²) in [6.45, 7) is 4.58. The third kappa shape index (κ3) is 3.97. The predicted molar refractivity (Wildman–Crippen MR) is 105 cm³/mol. The second kappa shape index (κ2) is 7.56. The lowest BCUT2D eigenvalue weighted by atomic mass is 10.2. The summed E-state index contributed by atoms with van der Waals surface area (Å²) in [4.78, 5) is 20.2. The fourth-order valence-corrected chi connectivity index (χ4v) is 3.17. The van der Waals surface area contributed by atoms with Gasteiger partial charge in [0, 0.05) is 56.9 Å². The molecule has 3 aromatic rings. The first kappa shape index (κ1) is 17.2. The van der Waals surface area contributed by atoms with Crippen molar-refractivity contribution in [3.63, 3.8) is 0 Å². The molecule has 0 radical (unpaired) electrons. The quantitative estimate of drug-likeness (QED) is 0.682. The molecule has 1 fully saturated rings. The van der Waals surface area contributed by atoms with Crippen molar-refractivity contribution in [1.29, 1.82) is 0 Å². The van der Waals surface area contributed by atoms with Gasteiger partial charge < -0.3 is 15.5 Å². The second-order valence-corrected chi connectivity index (χ2v) is 6.52. The molecule has 3 aromatic heterocycles. The molecule has 140 valence electrons. The van der Waals surface area contributed by atoms with Crippen molar-refractivity contribution in [2.24, 2.45) is 7.05 Å². The normalized spacial score (nSPS) is 16.5. The minimum Gasteiger partial charge on any atom is -0.370 e. The maximum atomic E-state index is 4.71. The highest BCUT2D eigenvalue weighted by Crippen LogP contribution is 2.22. The van der Waals surface area contributed by atoms with Crippen molar-refractivity contribution in [3.05, 3.63) is 36.9 Å². The molecule has 4 heterocycles. The largest absolute Gasteiger partial charge is 0.370 e. The average Bonchev–Trinajstić information content (AvgIpc) is 3.32. The molecule has 1 atom stereocenters. The number of aromatic nitrogens is 6. The van der Waals surface area contributed by atoms with E-state index >= 15 is 0 Å². The highest BCUT2D eigenvalue weighted by atomic mass is 15.3. The van der Waals surface area contributed by atoms with Gasteiger partial charge in [0.25, 0.3) is 0 Å². The van der Waals surface area contributed by atoms with Crippen LogP contribution >= 0.6 is 0 Å². The van der Waals surface area contributed by atoms with Crippen molar-refractivity contribution >= 4 is 17.7 Å². The molecular weight excluding hydrogens is 342 g/mol. The number of aryl methyl sites for hydroxylation is 1. The van der Waals surface area contributed by atoms with Crippen molar-refractivity contribution in [2.45, 2.75) is 19.4 Å². The molecule has 0 spiro atoms. The van der Waals surface area contributed by atoms with E-state index < -0.39 is 0 Å². The Morgan fingerprint density at radius 2 is 2.07 bits per heavy atom. The first-order valence-electron chi connectivity index (χ1n) is 9.11. The van der Waals surface area contributed by atoms with Gasteiger partial charge in [0.1, 0.15) is 5.82 Å². The summed E-state index contributed by atoms with van der Waals surface area (Å²) in [5, 5.41) is 10.8. The van der Waals surface area contributed by atoms with Crippen LogP contribution < -0.4 is 15.5 Å². The summed E-state index contributed by atoms with van der Waals surface area (Å²) in [5.74, 6) is 2.21. The highest BCUT2D eigenvalue weighted by Gasteiger charge is 2.25. The van der Waals surface area contributed by atoms with Crippen LogP contribution in [-0.2, 0) is 7.05 Å². The Bertz CT molecular complexity index is 907. The lowest BCUT2D eigenvalue weighted by Gasteiger charge is -2.17. The molecule has 27 heavy (non-hydrogen) atoms. The molecule has 0 amide bonds. The number of anilines is 3. The zero-order valence-corrected chi connectivity index (χ0v) is 15.5. The SMILES string of the molecule is CCNc1ccnc(NC2CCN(c3nccc(-c4cnn(C)c4)n3)C2)n1. The second-order valence-electron chi connectivity index (χ2n) is 6.52. The van der Waals surface area contributed by atoms with Crippen LogP contribution in [0.5, 0.6) is 0 Å². The van der Waals surface area contributed by atoms with Crippen LogP contribution in [0.25, 0.3) is 11.3 Å². The van der Waals surface area contributed by atoms with Gasteiger partial charge in [-0.2, -0.15) is 10.1 Å². The minimum absolute atomic E-state index is 0.257. The van der Waals surface area contributed by atoms with Crippen LogP contribution in [0.3, 0.4) is 0 Å². The van der Waals surface area contributed by atoms with Gasteiger partial charge in [0.15, 0.2) is 0 Å².